The number of methoxy groups -OCH3 is 3. The smallest absolute Gasteiger partial charge is 0.203 e. The predicted octanol–water partition coefficient (Wildman–Crippen LogP) is 1.41. The van der Waals surface area contributed by atoms with E-state index in [-0.39, 0.29) is 0 Å². The van der Waals surface area contributed by atoms with Crippen molar-refractivity contribution >= 4 is 0 Å². The number of rotatable bonds is 9. The third kappa shape index (κ3) is 4.61. The van der Waals surface area contributed by atoms with Gasteiger partial charge in [0.25, 0.3) is 0 Å². The maximum absolute atomic E-state index is 5.32. The molecule has 19 heavy (non-hydrogen) atoms. The zero-order valence-electron chi connectivity index (χ0n) is 12.2. The van der Waals surface area contributed by atoms with E-state index >= 15 is 0 Å². The Kier molecular flexibility index (Phi) is 7.07. The molecule has 0 aliphatic rings. The van der Waals surface area contributed by atoms with Gasteiger partial charge in [0.15, 0.2) is 11.5 Å². The Hall–Kier alpha value is -1.46. The number of benzene rings is 1. The fraction of sp³-hybridized carbons (Fsp3) is 0.571. The van der Waals surface area contributed by atoms with Gasteiger partial charge in [0.05, 0.1) is 21.3 Å². The molecule has 0 aromatic heterocycles. The van der Waals surface area contributed by atoms with Gasteiger partial charge in [0.1, 0.15) is 0 Å². The van der Waals surface area contributed by atoms with Gasteiger partial charge in [-0.25, -0.2) is 0 Å². The van der Waals surface area contributed by atoms with Gasteiger partial charge < -0.3 is 24.8 Å². The Morgan fingerprint density at radius 1 is 0.947 bits per heavy atom. The van der Waals surface area contributed by atoms with Crippen molar-refractivity contribution < 1.29 is 14.2 Å². The predicted molar refractivity (Wildman–Crippen MR) is 76.3 cm³/mol. The van der Waals surface area contributed by atoms with Gasteiger partial charge in [-0.2, -0.15) is 0 Å². The van der Waals surface area contributed by atoms with Gasteiger partial charge in [-0.15, -0.1) is 0 Å². The van der Waals surface area contributed by atoms with Crippen molar-refractivity contribution in [2.75, 3.05) is 41.5 Å². The summed E-state index contributed by atoms with van der Waals surface area (Å²) in [4.78, 5) is 0. The molecule has 0 bridgehead atoms. The van der Waals surface area contributed by atoms with E-state index in [9.17, 15) is 0 Å². The van der Waals surface area contributed by atoms with Crippen molar-refractivity contribution in [2.24, 2.45) is 0 Å². The second-order valence-corrected chi connectivity index (χ2v) is 4.17. The zero-order chi connectivity index (χ0) is 14.1. The van der Waals surface area contributed by atoms with Gasteiger partial charge in [0.2, 0.25) is 5.75 Å². The topological polar surface area (TPSA) is 51.8 Å². The van der Waals surface area contributed by atoms with Crippen molar-refractivity contribution in [3.8, 4) is 17.2 Å². The molecule has 0 saturated carbocycles. The fourth-order valence-electron chi connectivity index (χ4n) is 1.86. The van der Waals surface area contributed by atoms with Gasteiger partial charge in [0, 0.05) is 6.54 Å². The normalized spacial score (nSPS) is 10.3. The molecule has 0 unspecified atom stereocenters. The van der Waals surface area contributed by atoms with E-state index < -0.39 is 0 Å². The standard InChI is InChI=1S/C14H24N2O3/c1-15-6-5-7-16-10-11-8-12(17-2)14(19-4)13(9-11)18-3/h8-9,15-16H,5-7,10H2,1-4H3. The summed E-state index contributed by atoms with van der Waals surface area (Å²) in [7, 11) is 6.82. The minimum absolute atomic E-state index is 0.629. The van der Waals surface area contributed by atoms with Crippen molar-refractivity contribution in [2.45, 2.75) is 13.0 Å². The molecular weight excluding hydrogens is 244 g/mol. The SMILES string of the molecule is CNCCCNCc1cc(OC)c(OC)c(OC)c1. The minimum atomic E-state index is 0.629. The summed E-state index contributed by atoms with van der Waals surface area (Å²) in [6.07, 6.45) is 1.10. The average molecular weight is 268 g/mol. The Balaban J connectivity index is 2.68. The van der Waals surface area contributed by atoms with Gasteiger partial charge >= 0.3 is 0 Å². The highest BCUT2D eigenvalue weighted by molar-refractivity contribution is 5.53. The first-order valence-corrected chi connectivity index (χ1v) is 6.41. The molecule has 5 nitrogen and oxygen atoms in total. The molecule has 2 N–H and O–H groups in total. The molecule has 1 rings (SSSR count). The van der Waals surface area contributed by atoms with Crippen LogP contribution >= 0.6 is 0 Å². The highest BCUT2D eigenvalue weighted by Crippen LogP contribution is 2.38. The maximum Gasteiger partial charge on any atom is 0.203 e. The summed E-state index contributed by atoms with van der Waals surface area (Å²) < 4.78 is 15.9. The average Bonchev–Trinajstić information content (AvgIpc) is 2.45. The Morgan fingerprint density at radius 3 is 2.05 bits per heavy atom. The molecule has 1 aromatic carbocycles. The lowest BCUT2D eigenvalue weighted by molar-refractivity contribution is 0.323. The number of ether oxygens (including phenoxy) is 3. The van der Waals surface area contributed by atoms with Crippen LogP contribution in [0.4, 0.5) is 0 Å². The van der Waals surface area contributed by atoms with Crippen LogP contribution in [0.1, 0.15) is 12.0 Å². The van der Waals surface area contributed by atoms with Crippen LogP contribution in [0.3, 0.4) is 0 Å². The molecule has 0 aliphatic carbocycles. The number of nitrogens with one attached hydrogen (secondary N) is 2. The third-order valence-corrected chi connectivity index (χ3v) is 2.83. The van der Waals surface area contributed by atoms with Crippen molar-refractivity contribution in [3.05, 3.63) is 17.7 Å². The van der Waals surface area contributed by atoms with Crippen LogP contribution in [-0.2, 0) is 6.54 Å². The van der Waals surface area contributed by atoms with E-state index in [2.05, 4.69) is 10.6 Å². The largest absolute Gasteiger partial charge is 0.493 e. The molecule has 5 heteroatoms. The molecule has 1 aromatic rings. The van der Waals surface area contributed by atoms with E-state index in [1.807, 2.05) is 19.2 Å². The highest BCUT2D eigenvalue weighted by Gasteiger charge is 2.12. The number of hydrogen-bond acceptors (Lipinski definition) is 5. The molecule has 0 heterocycles. The van der Waals surface area contributed by atoms with Crippen LogP contribution in [0.5, 0.6) is 17.2 Å². The van der Waals surface area contributed by atoms with Crippen LogP contribution in [-0.4, -0.2) is 41.5 Å². The third-order valence-electron chi connectivity index (χ3n) is 2.83. The molecule has 0 spiro atoms. The lowest BCUT2D eigenvalue weighted by atomic mass is 10.1. The van der Waals surface area contributed by atoms with Crippen molar-refractivity contribution in [1.82, 2.24) is 10.6 Å². The highest BCUT2D eigenvalue weighted by atomic mass is 16.5. The minimum Gasteiger partial charge on any atom is -0.493 e. The first-order chi connectivity index (χ1) is 9.26. The van der Waals surface area contributed by atoms with Crippen molar-refractivity contribution in [1.29, 1.82) is 0 Å². The van der Waals surface area contributed by atoms with Crippen LogP contribution in [0.15, 0.2) is 12.1 Å². The molecule has 0 amide bonds. The van der Waals surface area contributed by atoms with E-state index in [1.165, 1.54) is 0 Å². The molecule has 0 saturated heterocycles. The van der Waals surface area contributed by atoms with E-state index in [1.54, 1.807) is 21.3 Å². The van der Waals surface area contributed by atoms with E-state index in [0.29, 0.717) is 17.2 Å². The first kappa shape index (κ1) is 15.6. The Morgan fingerprint density at radius 2 is 1.58 bits per heavy atom. The monoisotopic (exact) mass is 268 g/mol. The Bertz CT molecular complexity index is 358. The molecule has 0 aliphatic heterocycles. The summed E-state index contributed by atoms with van der Waals surface area (Å²) in [5.74, 6) is 2.01. The molecule has 0 radical (unpaired) electrons. The van der Waals surface area contributed by atoms with Crippen LogP contribution in [0.25, 0.3) is 0 Å². The van der Waals surface area contributed by atoms with Gasteiger partial charge in [-0.05, 0) is 44.3 Å². The molecular formula is C14H24N2O3. The summed E-state index contributed by atoms with van der Waals surface area (Å²) in [6.45, 7) is 2.76. The van der Waals surface area contributed by atoms with Crippen molar-refractivity contribution in [3.63, 3.8) is 0 Å². The lowest BCUT2D eigenvalue weighted by Crippen LogP contribution is -2.19. The first-order valence-electron chi connectivity index (χ1n) is 6.41. The Labute approximate surface area is 115 Å². The maximum atomic E-state index is 5.32. The second-order valence-electron chi connectivity index (χ2n) is 4.17. The molecule has 0 fully saturated rings. The van der Waals surface area contributed by atoms with Crippen LogP contribution in [0.2, 0.25) is 0 Å². The van der Waals surface area contributed by atoms with E-state index in [4.69, 9.17) is 14.2 Å². The zero-order valence-corrected chi connectivity index (χ0v) is 12.2. The second kappa shape index (κ2) is 8.61. The molecule has 108 valence electrons. The summed E-state index contributed by atoms with van der Waals surface area (Å²) in [6, 6.07) is 3.93. The van der Waals surface area contributed by atoms with E-state index in [0.717, 1.165) is 31.6 Å². The summed E-state index contributed by atoms with van der Waals surface area (Å²) >= 11 is 0. The van der Waals surface area contributed by atoms with Gasteiger partial charge in [-0.3, -0.25) is 0 Å². The van der Waals surface area contributed by atoms with Gasteiger partial charge in [-0.1, -0.05) is 0 Å². The quantitative estimate of drug-likeness (QED) is 0.663. The summed E-state index contributed by atoms with van der Waals surface area (Å²) in [5.41, 5.74) is 1.11. The van der Waals surface area contributed by atoms with Crippen LogP contribution in [0, 0.1) is 0 Å². The lowest BCUT2D eigenvalue weighted by Gasteiger charge is -2.14. The fourth-order valence-corrected chi connectivity index (χ4v) is 1.86. The summed E-state index contributed by atoms with van der Waals surface area (Å²) in [5, 5.41) is 6.51. The molecule has 0 atom stereocenters. The number of hydrogen-bond donors (Lipinski definition) is 2. The van der Waals surface area contributed by atoms with Crippen LogP contribution < -0.4 is 24.8 Å².